The summed E-state index contributed by atoms with van der Waals surface area (Å²) in [5, 5.41) is -4.44. The predicted molar refractivity (Wildman–Crippen MR) is 117 cm³/mol. The van der Waals surface area contributed by atoms with E-state index in [1.807, 2.05) is 0 Å². The molecule has 0 radical (unpaired) electrons. The van der Waals surface area contributed by atoms with Crippen molar-refractivity contribution in [2.75, 3.05) is 0 Å². The smallest absolute Gasteiger partial charge is 0.203 e. The van der Waals surface area contributed by atoms with Crippen molar-refractivity contribution >= 4 is 19.2 Å². The van der Waals surface area contributed by atoms with Crippen LogP contribution in [0.5, 0.6) is 0 Å². The van der Waals surface area contributed by atoms with Crippen molar-refractivity contribution in [2.24, 2.45) is 0 Å². The monoisotopic (exact) mass is 686 g/mol. The molecular formula is C26HF18P. The van der Waals surface area contributed by atoms with Gasteiger partial charge in [-0.05, 0) is 0 Å². The molecule has 0 fully saturated rings. The highest BCUT2D eigenvalue weighted by molar-refractivity contribution is 7.55. The van der Waals surface area contributed by atoms with Crippen LogP contribution in [0.2, 0.25) is 0 Å². The first-order valence-corrected chi connectivity index (χ1v) is 12.4. The Hall–Kier alpha value is -3.95. The van der Waals surface area contributed by atoms with E-state index in [1.165, 1.54) is 0 Å². The molecule has 2 aliphatic rings. The molecule has 19 heteroatoms. The second kappa shape index (κ2) is 9.30. The fraction of sp³-hybridized carbons (Fsp3) is 0.0769. The Bertz CT molecular complexity index is 1940. The first-order chi connectivity index (χ1) is 20.7. The lowest BCUT2D eigenvalue weighted by Crippen LogP contribution is -2.30. The molecule has 6 rings (SSSR count). The summed E-state index contributed by atoms with van der Waals surface area (Å²) in [5.74, 6) is -50.9. The highest BCUT2D eigenvalue weighted by atomic mass is 31.1. The molecule has 0 heterocycles. The molecule has 236 valence electrons. The van der Waals surface area contributed by atoms with Gasteiger partial charge in [-0.1, -0.05) is 8.58 Å². The van der Waals surface area contributed by atoms with Crippen LogP contribution in [0.1, 0.15) is 22.3 Å². The summed E-state index contributed by atoms with van der Waals surface area (Å²) in [6.45, 7) is 0. The first-order valence-electron chi connectivity index (χ1n) is 11.4. The molecule has 2 aliphatic carbocycles. The fourth-order valence-electron chi connectivity index (χ4n) is 5.35. The van der Waals surface area contributed by atoms with Crippen LogP contribution in [-0.2, 0) is 11.8 Å². The Labute approximate surface area is 236 Å². The van der Waals surface area contributed by atoms with Gasteiger partial charge in [0.2, 0.25) is 0 Å². The van der Waals surface area contributed by atoms with Gasteiger partial charge in [0.1, 0.15) is 0 Å². The van der Waals surface area contributed by atoms with E-state index in [-0.39, 0.29) is 0 Å². The molecular weight excluding hydrogens is 685 g/mol. The number of halogens is 18. The zero-order valence-electron chi connectivity index (χ0n) is 20.3. The van der Waals surface area contributed by atoms with Crippen LogP contribution >= 0.6 is 8.58 Å². The second-order valence-electron chi connectivity index (χ2n) is 9.42. The number of rotatable bonds is 2. The number of hydrogen-bond acceptors (Lipinski definition) is 0. The highest BCUT2D eigenvalue weighted by Gasteiger charge is 2.57. The minimum absolute atomic E-state index is 2.22. The molecule has 0 aliphatic heterocycles. The van der Waals surface area contributed by atoms with E-state index in [9.17, 15) is 52.7 Å². The van der Waals surface area contributed by atoms with Crippen molar-refractivity contribution in [3.05, 3.63) is 104 Å². The van der Waals surface area contributed by atoms with E-state index >= 15 is 26.3 Å². The summed E-state index contributed by atoms with van der Waals surface area (Å²) in [7, 11) is -2.78. The van der Waals surface area contributed by atoms with Gasteiger partial charge < -0.3 is 0 Å². The van der Waals surface area contributed by atoms with Crippen molar-refractivity contribution in [2.45, 2.75) is 11.8 Å². The lowest BCUT2D eigenvalue weighted by molar-refractivity contribution is 0.0433. The van der Waals surface area contributed by atoms with Crippen LogP contribution in [0.3, 0.4) is 0 Å². The Balaban J connectivity index is 1.74. The molecule has 0 aromatic heterocycles. The molecule has 45 heavy (non-hydrogen) atoms. The van der Waals surface area contributed by atoms with E-state index in [2.05, 4.69) is 0 Å². The van der Waals surface area contributed by atoms with Crippen LogP contribution in [0.25, 0.3) is 22.3 Å². The largest absolute Gasteiger partial charge is 0.303 e. The Kier molecular flexibility index (Phi) is 6.41. The van der Waals surface area contributed by atoms with Crippen LogP contribution in [0.15, 0.2) is 0 Å². The van der Waals surface area contributed by atoms with E-state index in [1.54, 1.807) is 0 Å². The van der Waals surface area contributed by atoms with Crippen molar-refractivity contribution in [1.29, 1.82) is 0 Å². The summed E-state index contributed by atoms with van der Waals surface area (Å²) in [6.07, 6.45) is 0. The van der Waals surface area contributed by atoms with E-state index < -0.39 is 157 Å². The maximum atomic E-state index is 15.5. The lowest BCUT2D eigenvalue weighted by atomic mass is 10.0. The molecule has 0 atom stereocenters. The first kappa shape index (κ1) is 31.0. The molecule has 4 aromatic rings. The Morgan fingerprint density at radius 1 is 0.267 bits per heavy atom. The van der Waals surface area contributed by atoms with Crippen molar-refractivity contribution in [3.8, 4) is 22.3 Å². The Morgan fingerprint density at radius 3 is 0.778 bits per heavy atom. The molecule has 0 spiro atoms. The van der Waals surface area contributed by atoms with Crippen molar-refractivity contribution < 1.29 is 79.0 Å². The fourth-order valence-corrected chi connectivity index (χ4v) is 6.85. The molecule has 0 N–H and O–H groups in total. The van der Waals surface area contributed by atoms with Gasteiger partial charge in [-0.3, -0.25) is 0 Å². The van der Waals surface area contributed by atoms with Gasteiger partial charge in [-0.15, -0.1) is 0 Å². The minimum atomic E-state index is -5.42. The summed E-state index contributed by atoms with van der Waals surface area (Å²) < 4.78 is 265. The SMILES string of the molecule is Fc1c(F)c(F)c2c(c1F)-c1c(F)c(F)c(F)c(Pc3c(F)c(F)c(F)c4c3C(F)(F)c3c(F)c(F)c(F)c(F)c3-4)c1C2(F)F. The van der Waals surface area contributed by atoms with Gasteiger partial charge >= 0.3 is 11.8 Å². The standard InChI is InChI=1S/C26HF18P/c27-9-1-3-7(25(41,42)5(1)13(31)19(37)15(9)33)23(21(39)17(35)11(3)29)45-24-8-4(12(30)18(36)22(24)40)2-6(26(8,43)44)14(32)20(38)16(34)10(2)28/h45H. The summed E-state index contributed by atoms with van der Waals surface area (Å²) in [6, 6.07) is 0. The maximum absolute atomic E-state index is 15.5. The molecule has 0 nitrogen and oxygen atoms in total. The van der Waals surface area contributed by atoms with Crippen molar-refractivity contribution in [1.82, 2.24) is 0 Å². The molecule has 0 bridgehead atoms. The zero-order valence-corrected chi connectivity index (χ0v) is 21.3. The molecule has 4 aromatic carbocycles. The third-order valence-electron chi connectivity index (χ3n) is 7.19. The van der Waals surface area contributed by atoms with Gasteiger partial charge in [0.25, 0.3) is 0 Å². The average molecular weight is 686 g/mol. The topological polar surface area (TPSA) is 0 Å². The average Bonchev–Trinajstić information content (AvgIpc) is 3.38. The van der Waals surface area contributed by atoms with E-state index in [0.717, 1.165) is 0 Å². The summed E-state index contributed by atoms with van der Waals surface area (Å²) >= 11 is 0. The molecule has 0 saturated heterocycles. The second-order valence-corrected chi connectivity index (χ2v) is 10.7. The maximum Gasteiger partial charge on any atom is 0.303 e. The minimum Gasteiger partial charge on any atom is -0.203 e. The van der Waals surface area contributed by atoms with Gasteiger partial charge in [-0.2, -0.15) is 17.6 Å². The highest BCUT2D eigenvalue weighted by Crippen LogP contribution is 2.58. The number of hydrogen-bond donors (Lipinski definition) is 0. The van der Waals surface area contributed by atoms with Crippen LogP contribution in [0.4, 0.5) is 79.0 Å². The quantitative estimate of drug-likeness (QED) is 0.0860. The third kappa shape index (κ3) is 3.54. The zero-order chi connectivity index (χ0) is 33.6. The van der Waals surface area contributed by atoms with Crippen LogP contribution in [0, 0.1) is 81.4 Å². The molecule has 0 saturated carbocycles. The summed E-state index contributed by atoms with van der Waals surface area (Å²) in [5.41, 5.74) is -18.9. The van der Waals surface area contributed by atoms with Gasteiger partial charge in [-0.25, -0.2) is 61.5 Å². The number of alkyl halides is 4. The number of fused-ring (bicyclic) bond motifs is 6. The normalized spacial score (nSPS) is 15.3. The molecule has 0 amide bonds. The van der Waals surface area contributed by atoms with E-state index in [4.69, 9.17) is 0 Å². The van der Waals surface area contributed by atoms with Crippen LogP contribution in [-0.4, -0.2) is 0 Å². The predicted octanol–water partition coefficient (Wildman–Crippen LogP) is 8.50. The van der Waals surface area contributed by atoms with Crippen molar-refractivity contribution in [3.63, 3.8) is 0 Å². The third-order valence-corrected chi connectivity index (χ3v) is 8.63. The summed E-state index contributed by atoms with van der Waals surface area (Å²) in [4.78, 5) is 0. The Morgan fingerprint density at radius 2 is 0.489 bits per heavy atom. The van der Waals surface area contributed by atoms with Gasteiger partial charge in [0.05, 0.1) is 11.1 Å². The van der Waals surface area contributed by atoms with Gasteiger partial charge in [0.15, 0.2) is 81.4 Å². The van der Waals surface area contributed by atoms with E-state index in [0.29, 0.717) is 0 Å². The van der Waals surface area contributed by atoms with Crippen LogP contribution < -0.4 is 10.6 Å². The number of benzene rings is 4. The van der Waals surface area contributed by atoms with Gasteiger partial charge in [0, 0.05) is 44.0 Å². The molecule has 0 unspecified atom stereocenters. The lowest BCUT2D eigenvalue weighted by Gasteiger charge is -2.21.